The Bertz CT molecular complexity index is 901. The van der Waals surface area contributed by atoms with Gasteiger partial charge in [-0.3, -0.25) is 0 Å². The van der Waals surface area contributed by atoms with E-state index in [9.17, 15) is 4.79 Å². The summed E-state index contributed by atoms with van der Waals surface area (Å²) >= 11 is 0. The quantitative estimate of drug-likeness (QED) is 0.704. The van der Waals surface area contributed by atoms with E-state index in [2.05, 4.69) is 66.8 Å². The van der Waals surface area contributed by atoms with Crippen LogP contribution in [0, 0.1) is 0 Å². The topological polar surface area (TPSA) is 32.3 Å². The molecule has 1 aliphatic heterocycles. The number of urea groups is 1. The summed E-state index contributed by atoms with van der Waals surface area (Å²) in [6, 6.07) is 25.1. The largest absolute Gasteiger partial charge is 0.331 e. The summed E-state index contributed by atoms with van der Waals surface area (Å²) in [5, 5.41) is 5.59. The van der Waals surface area contributed by atoms with Crippen molar-refractivity contribution in [1.82, 2.24) is 10.2 Å². The van der Waals surface area contributed by atoms with Crippen LogP contribution in [-0.4, -0.2) is 24.0 Å². The van der Waals surface area contributed by atoms with Crippen LogP contribution in [-0.2, 0) is 0 Å². The van der Waals surface area contributed by atoms with E-state index in [-0.39, 0.29) is 12.1 Å². The zero-order valence-corrected chi connectivity index (χ0v) is 15.1. The maximum Gasteiger partial charge on any atom is 0.317 e. The molecule has 0 saturated carbocycles. The molecule has 1 fully saturated rings. The molecule has 4 rings (SSSR count). The number of carbonyl (C=O) groups excluding carboxylic acids is 1. The monoisotopic (exact) mass is 344 g/mol. The minimum atomic E-state index is -0.0237. The zero-order chi connectivity index (χ0) is 17.9. The molecule has 1 aliphatic rings. The maximum atomic E-state index is 12.8. The smallest absolute Gasteiger partial charge is 0.317 e. The molecule has 1 N–H and O–H groups in total. The number of carbonyl (C=O) groups is 1. The highest BCUT2D eigenvalue weighted by Gasteiger charge is 2.28. The molecule has 3 aromatic rings. The van der Waals surface area contributed by atoms with Gasteiger partial charge in [0.25, 0.3) is 0 Å². The summed E-state index contributed by atoms with van der Waals surface area (Å²) in [7, 11) is 0. The van der Waals surface area contributed by atoms with E-state index in [0.717, 1.165) is 25.1 Å². The number of hydrogen-bond acceptors (Lipinski definition) is 1. The first kappa shape index (κ1) is 16.6. The number of hydrogen-bond donors (Lipinski definition) is 1. The van der Waals surface area contributed by atoms with E-state index >= 15 is 0 Å². The number of rotatable bonds is 3. The first-order valence-electron chi connectivity index (χ1n) is 9.30. The fourth-order valence-electron chi connectivity index (χ4n) is 3.92. The molecule has 1 heterocycles. The fraction of sp³-hybridized carbons (Fsp3) is 0.261. The van der Waals surface area contributed by atoms with Crippen molar-refractivity contribution in [3.63, 3.8) is 0 Å². The van der Waals surface area contributed by atoms with E-state index in [1.807, 2.05) is 23.1 Å². The van der Waals surface area contributed by atoms with E-state index in [0.29, 0.717) is 5.92 Å². The standard InChI is InChI=1S/C23H24N2O/c1-17(21-13-7-11-19-10-5-6-12-22(19)21)24-23(26)25-15-14-20(16-25)18-8-3-2-4-9-18/h2-13,17,20H,14-16H2,1H3,(H,24,26)/t17-,20-/m0/s1. The molecule has 2 amide bonds. The predicted molar refractivity (Wildman–Crippen MR) is 106 cm³/mol. The van der Waals surface area contributed by atoms with E-state index in [4.69, 9.17) is 0 Å². The van der Waals surface area contributed by atoms with Crippen LogP contribution in [0.5, 0.6) is 0 Å². The molecule has 0 bridgehead atoms. The lowest BCUT2D eigenvalue weighted by atomic mass is 9.99. The van der Waals surface area contributed by atoms with Crippen molar-refractivity contribution in [1.29, 1.82) is 0 Å². The van der Waals surface area contributed by atoms with Gasteiger partial charge in [0.1, 0.15) is 0 Å². The van der Waals surface area contributed by atoms with Gasteiger partial charge in [0.05, 0.1) is 6.04 Å². The highest BCUT2D eigenvalue weighted by atomic mass is 16.2. The molecule has 3 aromatic carbocycles. The molecule has 132 valence electrons. The van der Waals surface area contributed by atoms with E-state index in [1.165, 1.54) is 16.3 Å². The molecule has 0 aliphatic carbocycles. The molecule has 2 atom stereocenters. The van der Waals surface area contributed by atoms with E-state index in [1.54, 1.807) is 0 Å². The SMILES string of the molecule is C[C@H](NC(=O)N1CC[C@H](c2ccccc2)C1)c1cccc2ccccc12. The van der Waals surface area contributed by atoms with E-state index < -0.39 is 0 Å². The lowest BCUT2D eigenvalue weighted by molar-refractivity contribution is 0.205. The van der Waals surface area contributed by atoms with Gasteiger partial charge in [-0.05, 0) is 35.2 Å². The van der Waals surface area contributed by atoms with Gasteiger partial charge < -0.3 is 10.2 Å². The van der Waals surface area contributed by atoms with Crippen LogP contribution < -0.4 is 5.32 Å². The molecule has 3 heteroatoms. The zero-order valence-electron chi connectivity index (χ0n) is 15.1. The summed E-state index contributed by atoms with van der Waals surface area (Å²) < 4.78 is 0. The molecule has 3 nitrogen and oxygen atoms in total. The Labute approximate surface area is 154 Å². The minimum Gasteiger partial charge on any atom is -0.331 e. The Kier molecular flexibility index (Phi) is 4.61. The Morgan fingerprint density at radius 2 is 1.73 bits per heavy atom. The van der Waals surface area contributed by atoms with Crippen molar-refractivity contribution in [3.05, 3.63) is 83.9 Å². The van der Waals surface area contributed by atoms with Crippen molar-refractivity contribution in [2.45, 2.75) is 25.3 Å². The third-order valence-corrected chi connectivity index (χ3v) is 5.38. The molecule has 0 aromatic heterocycles. The maximum absolute atomic E-state index is 12.8. The van der Waals surface area contributed by atoms with Crippen LogP contribution in [0.25, 0.3) is 10.8 Å². The van der Waals surface area contributed by atoms with Crippen LogP contribution in [0.15, 0.2) is 72.8 Å². The molecule has 0 unspecified atom stereocenters. The summed E-state index contributed by atoms with van der Waals surface area (Å²) in [5.41, 5.74) is 2.49. The molecule has 26 heavy (non-hydrogen) atoms. The number of likely N-dealkylation sites (tertiary alicyclic amines) is 1. The first-order chi connectivity index (χ1) is 12.7. The third kappa shape index (κ3) is 3.30. The third-order valence-electron chi connectivity index (χ3n) is 5.38. The van der Waals surface area contributed by atoms with Crippen molar-refractivity contribution >= 4 is 16.8 Å². The van der Waals surface area contributed by atoms with Crippen molar-refractivity contribution in [2.24, 2.45) is 0 Å². The van der Waals surface area contributed by atoms with Crippen molar-refractivity contribution in [3.8, 4) is 0 Å². The second-order valence-electron chi connectivity index (χ2n) is 7.08. The summed E-state index contributed by atoms with van der Waals surface area (Å²) in [5.74, 6) is 0.440. The fourth-order valence-corrected chi connectivity index (χ4v) is 3.92. The minimum absolute atomic E-state index is 0.0237. The summed E-state index contributed by atoms with van der Waals surface area (Å²) in [6.45, 7) is 3.66. The number of nitrogens with zero attached hydrogens (tertiary/aromatic N) is 1. The van der Waals surface area contributed by atoms with Gasteiger partial charge in [0, 0.05) is 19.0 Å². The van der Waals surface area contributed by atoms with Crippen LogP contribution in [0.2, 0.25) is 0 Å². The van der Waals surface area contributed by atoms with Gasteiger partial charge in [-0.2, -0.15) is 0 Å². The van der Waals surface area contributed by atoms with Gasteiger partial charge in [0.15, 0.2) is 0 Å². The summed E-state index contributed by atoms with van der Waals surface area (Å²) in [6.07, 6.45) is 1.03. The van der Waals surface area contributed by atoms with Crippen molar-refractivity contribution in [2.75, 3.05) is 13.1 Å². The van der Waals surface area contributed by atoms with Gasteiger partial charge in [-0.1, -0.05) is 72.8 Å². The normalized spacial score (nSPS) is 18.0. The number of benzene rings is 3. The van der Waals surface area contributed by atoms with Gasteiger partial charge in [-0.25, -0.2) is 4.79 Å². The second-order valence-corrected chi connectivity index (χ2v) is 7.08. The average molecular weight is 344 g/mol. The lowest BCUT2D eigenvalue weighted by Gasteiger charge is -2.22. The molecule has 0 spiro atoms. The Morgan fingerprint density at radius 3 is 2.58 bits per heavy atom. The second kappa shape index (κ2) is 7.20. The average Bonchev–Trinajstić information content (AvgIpc) is 3.18. The van der Waals surface area contributed by atoms with Gasteiger partial charge in [0.2, 0.25) is 0 Å². The highest BCUT2D eigenvalue weighted by Crippen LogP contribution is 2.28. The molecular formula is C23H24N2O. The van der Waals surface area contributed by atoms with Crippen LogP contribution >= 0.6 is 0 Å². The number of fused-ring (bicyclic) bond motifs is 1. The molecule has 0 radical (unpaired) electrons. The van der Waals surface area contributed by atoms with Crippen LogP contribution in [0.3, 0.4) is 0 Å². The van der Waals surface area contributed by atoms with Gasteiger partial charge >= 0.3 is 6.03 Å². The lowest BCUT2D eigenvalue weighted by Crippen LogP contribution is -2.39. The molecule has 1 saturated heterocycles. The Balaban J connectivity index is 1.45. The Hall–Kier alpha value is -2.81. The highest BCUT2D eigenvalue weighted by molar-refractivity contribution is 5.86. The Morgan fingerprint density at radius 1 is 1.00 bits per heavy atom. The summed E-state index contributed by atoms with van der Waals surface area (Å²) in [4.78, 5) is 14.7. The van der Waals surface area contributed by atoms with Gasteiger partial charge in [-0.15, -0.1) is 0 Å². The number of amides is 2. The predicted octanol–water partition coefficient (Wildman–Crippen LogP) is 5.10. The number of nitrogens with one attached hydrogen (secondary N) is 1. The van der Waals surface area contributed by atoms with Crippen LogP contribution in [0.1, 0.15) is 36.4 Å². The molecular weight excluding hydrogens is 320 g/mol. The van der Waals surface area contributed by atoms with Crippen LogP contribution in [0.4, 0.5) is 4.79 Å². The van der Waals surface area contributed by atoms with Crippen molar-refractivity contribution < 1.29 is 4.79 Å². The first-order valence-corrected chi connectivity index (χ1v) is 9.30.